The highest BCUT2D eigenvalue weighted by atomic mass is 15.2. The molecule has 0 saturated heterocycles. The molecule has 0 aliphatic carbocycles. The van der Waals surface area contributed by atoms with Gasteiger partial charge in [0.25, 0.3) is 12.7 Å². The first-order valence-corrected chi connectivity index (χ1v) is 19.7. The molecule has 0 fully saturated rings. The van der Waals surface area contributed by atoms with Crippen molar-refractivity contribution >= 4 is 44.6 Å². The minimum atomic E-state index is 0.882. The van der Waals surface area contributed by atoms with Gasteiger partial charge in [0.15, 0.2) is 0 Å². The Morgan fingerprint density at radius 3 is 1.85 bits per heavy atom. The molecule has 0 N–H and O–H groups in total. The first kappa shape index (κ1) is 34.2. The van der Waals surface area contributed by atoms with E-state index in [1.165, 1.54) is 0 Å². The van der Waals surface area contributed by atoms with E-state index in [0.29, 0.717) is 0 Å². The minimum absolute atomic E-state index is 0.882. The van der Waals surface area contributed by atoms with Crippen LogP contribution in [0.3, 0.4) is 0 Å². The lowest BCUT2D eigenvalue weighted by Gasteiger charge is -2.26. The zero-order valence-electron chi connectivity index (χ0n) is 32.0. The van der Waals surface area contributed by atoms with Crippen LogP contribution in [0.4, 0.5) is 17.1 Å². The van der Waals surface area contributed by atoms with Crippen LogP contribution in [0.15, 0.2) is 219 Å². The summed E-state index contributed by atoms with van der Waals surface area (Å²) in [7, 11) is 0. The number of para-hydroxylation sites is 5. The second kappa shape index (κ2) is 14.4. The molecule has 0 atom stereocenters. The highest BCUT2D eigenvalue weighted by molar-refractivity contribution is 5.87. The van der Waals surface area contributed by atoms with E-state index < -0.39 is 0 Å². The first-order valence-electron chi connectivity index (χ1n) is 19.7. The van der Waals surface area contributed by atoms with Crippen LogP contribution in [0.2, 0.25) is 0 Å². The summed E-state index contributed by atoms with van der Waals surface area (Å²) >= 11 is 0. The molecule has 0 spiro atoms. The highest BCUT2D eigenvalue weighted by Gasteiger charge is 2.19. The van der Waals surface area contributed by atoms with E-state index >= 15 is 0 Å². The number of imidazole rings is 2. The molecule has 6 nitrogen and oxygen atoms in total. The Bertz CT molecular complexity index is 3280. The third-order valence-electron chi connectivity index (χ3n) is 10.9. The predicted molar refractivity (Wildman–Crippen MR) is 236 cm³/mol. The summed E-state index contributed by atoms with van der Waals surface area (Å²) in [5, 5.41) is 0. The smallest absolute Gasteiger partial charge is 0.269 e. The molecular weight excluding hydrogens is 721 g/mol. The molecular formula is C53H36N6. The quantitative estimate of drug-likeness (QED) is 0.114. The lowest BCUT2D eigenvalue weighted by Crippen LogP contribution is -2.30. The van der Waals surface area contributed by atoms with Gasteiger partial charge in [0, 0.05) is 29.5 Å². The maximum Gasteiger partial charge on any atom is 0.269 e. The van der Waals surface area contributed by atoms with Gasteiger partial charge in [-0.25, -0.2) is 0 Å². The van der Waals surface area contributed by atoms with Gasteiger partial charge in [0.2, 0.25) is 0 Å². The molecule has 8 aromatic carbocycles. The van der Waals surface area contributed by atoms with Crippen molar-refractivity contribution in [1.82, 2.24) is 14.0 Å². The third-order valence-corrected chi connectivity index (χ3v) is 10.9. The summed E-state index contributed by atoms with van der Waals surface area (Å²) < 4.78 is 8.53. The molecule has 0 radical (unpaired) electrons. The summed E-state index contributed by atoms with van der Waals surface area (Å²) in [5.74, 6) is 0. The molecule has 0 saturated carbocycles. The summed E-state index contributed by atoms with van der Waals surface area (Å²) in [6.45, 7) is 0. The first-order chi connectivity index (χ1) is 29.3. The lowest BCUT2D eigenvalue weighted by atomic mass is 10.0. The summed E-state index contributed by atoms with van der Waals surface area (Å²) in [6, 6.07) is 72.2. The zero-order valence-corrected chi connectivity index (χ0v) is 32.0. The molecule has 0 aliphatic heterocycles. The summed E-state index contributed by atoms with van der Waals surface area (Å²) in [4.78, 5) is 7.20. The number of fused-ring (bicyclic) bond motifs is 4. The van der Waals surface area contributed by atoms with Crippen molar-refractivity contribution in [3.05, 3.63) is 231 Å². The van der Waals surface area contributed by atoms with Gasteiger partial charge in [-0.15, -0.1) is 0 Å². The van der Waals surface area contributed by atoms with E-state index in [1.807, 2.05) is 12.3 Å². The fraction of sp³-hybridized carbons (Fsp3) is 0. The Kier molecular flexibility index (Phi) is 8.37. The average molecular weight is 757 g/mol. The Labute approximate surface area is 342 Å². The topological polar surface area (TPSA) is 33.2 Å². The molecule has 11 aromatic rings. The number of nitrogens with zero attached hydrogens (tertiary/aromatic N) is 6. The fourth-order valence-electron chi connectivity index (χ4n) is 8.17. The maximum absolute atomic E-state index is 4.90. The van der Waals surface area contributed by atoms with Gasteiger partial charge in [-0.1, -0.05) is 146 Å². The van der Waals surface area contributed by atoms with Crippen molar-refractivity contribution in [2.75, 3.05) is 4.90 Å². The van der Waals surface area contributed by atoms with E-state index in [9.17, 15) is 0 Å². The number of anilines is 3. The molecule has 6 heteroatoms. The largest absolute Gasteiger partial charge is 0.311 e. The van der Waals surface area contributed by atoms with Gasteiger partial charge in [-0.05, 0) is 82.9 Å². The maximum atomic E-state index is 4.90. The molecule has 3 aromatic heterocycles. The van der Waals surface area contributed by atoms with Crippen molar-refractivity contribution in [2.24, 2.45) is 0 Å². The van der Waals surface area contributed by atoms with Gasteiger partial charge in [-0.2, -0.15) is 0 Å². The Balaban J connectivity index is 1.04. The fourth-order valence-corrected chi connectivity index (χ4v) is 8.17. The Morgan fingerprint density at radius 2 is 1.08 bits per heavy atom. The lowest BCUT2D eigenvalue weighted by molar-refractivity contribution is -0.597. The van der Waals surface area contributed by atoms with E-state index in [-0.39, 0.29) is 0 Å². The predicted octanol–water partition coefficient (Wildman–Crippen LogP) is 11.4. The van der Waals surface area contributed by atoms with E-state index in [4.69, 9.17) is 4.98 Å². The van der Waals surface area contributed by atoms with Crippen molar-refractivity contribution in [3.63, 3.8) is 0 Å². The molecule has 3 heterocycles. The van der Waals surface area contributed by atoms with Crippen molar-refractivity contribution < 1.29 is 9.13 Å². The highest BCUT2D eigenvalue weighted by Crippen LogP contribution is 2.37. The average Bonchev–Trinajstić information content (AvgIpc) is 3.93. The van der Waals surface area contributed by atoms with Crippen LogP contribution in [-0.2, 0) is 0 Å². The van der Waals surface area contributed by atoms with Crippen LogP contribution in [0.5, 0.6) is 0 Å². The van der Waals surface area contributed by atoms with Crippen LogP contribution in [0.25, 0.3) is 66.9 Å². The second-order valence-corrected chi connectivity index (χ2v) is 14.5. The normalized spacial score (nSPS) is 11.4. The molecule has 11 rings (SSSR count). The molecule has 0 amide bonds. The Morgan fingerprint density at radius 1 is 0.475 bits per heavy atom. The van der Waals surface area contributed by atoms with Crippen molar-refractivity contribution in [3.8, 4) is 39.3 Å². The van der Waals surface area contributed by atoms with Crippen molar-refractivity contribution in [1.29, 1.82) is 0 Å². The molecule has 278 valence electrons. The SMILES string of the molecule is [c-]1n2c(cnc3ccc(N(c4ccccc4)c4cccc(-n5[c-][n+](-c6ccccc6-c6ccccc6)c6ccccc65)c4)cc32)c[n+]1-c1ccccc1-c1ccccc1. The summed E-state index contributed by atoms with van der Waals surface area (Å²) in [6.07, 6.45) is 11.4. The number of hydrogen-bond acceptors (Lipinski definition) is 2. The van der Waals surface area contributed by atoms with Gasteiger partial charge in [0.05, 0.1) is 44.6 Å². The van der Waals surface area contributed by atoms with Crippen molar-refractivity contribution in [2.45, 2.75) is 0 Å². The molecule has 59 heavy (non-hydrogen) atoms. The van der Waals surface area contributed by atoms with Crippen LogP contribution < -0.4 is 14.0 Å². The van der Waals surface area contributed by atoms with Gasteiger partial charge in [-0.3, -0.25) is 23.1 Å². The van der Waals surface area contributed by atoms with Crippen LogP contribution in [0.1, 0.15) is 0 Å². The van der Waals surface area contributed by atoms with Crippen LogP contribution in [-0.4, -0.2) is 14.0 Å². The Hall–Kier alpha value is -8.09. The van der Waals surface area contributed by atoms with Gasteiger partial charge < -0.3 is 4.90 Å². The number of benzene rings is 8. The number of rotatable bonds is 8. The summed E-state index contributed by atoms with van der Waals surface area (Å²) in [5.41, 5.74) is 15.7. The molecule has 0 bridgehead atoms. The standard InChI is InChI=1S/C53H36N6/c1-4-17-39(18-5-1)46-25-10-12-27-49(46)55-36-45-35-54-48-32-31-44(34-53(48)56(45)37-55)59(41-21-8-3-9-22-41)43-24-16-23-42(33-43)57-38-58(52-30-15-14-29-51(52)57)50-28-13-11-26-47(50)40-19-6-2-7-20-40/h1-36H. The molecule has 0 unspecified atom stereocenters. The van der Waals surface area contributed by atoms with Crippen LogP contribution >= 0.6 is 0 Å². The third kappa shape index (κ3) is 6.11. The minimum Gasteiger partial charge on any atom is -0.311 e. The number of aromatic nitrogens is 5. The second-order valence-electron chi connectivity index (χ2n) is 14.5. The van der Waals surface area contributed by atoms with E-state index in [2.05, 4.69) is 242 Å². The molecule has 0 aliphatic rings. The number of hydrogen-bond donors (Lipinski definition) is 0. The van der Waals surface area contributed by atoms with Gasteiger partial charge in [0.1, 0.15) is 0 Å². The monoisotopic (exact) mass is 756 g/mol. The van der Waals surface area contributed by atoms with Gasteiger partial charge >= 0.3 is 0 Å². The van der Waals surface area contributed by atoms with E-state index in [0.717, 1.165) is 84.0 Å². The van der Waals surface area contributed by atoms with E-state index in [1.54, 1.807) is 0 Å². The van der Waals surface area contributed by atoms with Crippen LogP contribution in [0, 0.1) is 12.7 Å². The zero-order chi connectivity index (χ0) is 39.1.